The summed E-state index contributed by atoms with van der Waals surface area (Å²) in [6.07, 6.45) is 4.31. The van der Waals surface area contributed by atoms with Crippen LogP contribution < -0.4 is 20.3 Å². The lowest BCUT2D eigenvalue weighted by molar-refractivity contribution is 0.103. The van der Waals surface area contributed by atoms with Gasteiger partial charge in [0.05, 0.1) is 22.4 Å². The number of carbonyl (C=O) groups excluding carboxylic acids is 1. The lowest BCUT2D eigenvalue weighted by Crippen LogP contribution is -2.43. The molecule has 5 rings (SSSR count). The summed E-state index contributed by atoms with van der Waals surface area (Å²) in [5.41, 5.74) is 2.98. The van der Waals surface area contributed by atoms with E-state index in [-0.39, 0.29) is 12.0 Å². The Kier molecular flexibility index (Phi) is 4.91. The minimum Gasteiger partial charge on any atom is -0.484 e. The second-order valence-electron chi connectivity index (χ2n) is 7.20. The van der Waals surface area contributed by atoms with Crippen LogP contribution in [0, 0.1) is 0 Å². The summed E-state index contributed by atoms with van der Waals surface area (Å²) in [4.78, 5) is 21.1. The molecule has 3 aromatic rings. The van der Waals surface area contributed by atoms with Gasteiger partial charge in [0, 0.05) is 43.7 Å². The molecule has 1 saturated heterocycles. The number of thiophene rings is 1. The Morgan fingerprint density at radius 1 is 1.17 bits per heavy atom. The predicted molar refractivity (Wildman–Crippen MR) is 115 cm³/mol. The molecule has 7 heteroatoms. The molecule has 1 amide bonds. The molecule has 29 heavy (non-hydrogen) atoms. The topological polar surface area (TPSA) is 66.5 Å². The zero-order chi connectivity index (χ0) is 19.6. The van der Waals surface area contributed by atoms with Crippen molar-refractivity contribution >= 4 is 28.6 Å². The van der Waals surface area contributed by atoms with Gasteiger partial charge in [0.15, 0.2) is 0 Å². The molecule has 148 valence electrons. The average Bonchev–Trinajstić information content (AvgIpc) is 3.42. The molecule has 0 radical (unpaired) electrons. The standard InChI is InChI=1S/C22H22N4O2S/c27-22(25-16-14-24-8-7-17(16)26-11-9-23-10-12-26)21-6-5-20(29-21)19-13-15-3-1-2-4-18(15)28-19/h1-8,14,19,23H,9-13H2,(H,25,27). The average molecular weight is 407 g/mol. The molecule has 1 unspecified atom stereocenters. The molecule has 4 heterocycles. The van der Waals surface area contributed by atoms with E-state index in [4.69, 9.17) is 4.74 Å². The number of piperazine rings is 1. The molecule has 2 aliphatic rings. The normalized spacial score (nSPS) is 18.2. The largest absolute Gasteiger partial charge is 0.484 e. The molecule has 2 aliphatic heterocycles. The van der Waals surface area contributed by atoms with Crippen molar-refractivity contribution in [2.75, 3.05) is 36.4 Å². The summed E-state index contributed by atoms with van der Waals surface area (Å²) in [5.74, 6) is 0.828. The van der Waals surface area contributed by atoms with Gasteiger partial charge in [-0.05, 0) is 29.8 Å². The van der Waals surface area contributed by atoms with E-state index in [0.29, 0.717) is 4.88 Å². The first kappa shape index (κ1) is 18.1. The van der Waals surface area contributed by atoms with E-state index in [0.717, 1.165) is 54.6 Å². The van der Waals surface area contributed by atoms with Crippen molar-refractivity contribution in [2.45, 2.75) is 12.5 Å². The summed E-state index contributed by atoms with van der Waals surface area (Å²) in [5, 5.41) is 6.40. The Morgan fingerprint density at radius 2 is 2.03 bits per heavy atom. The highest BCUT2D eigenvalue weighted by atomic mass is 32.1. The number of rotatable bonds is 4. The van der Waals surface area contributed by atoms with Crippen LogP contribution in [0.2, 0.25) is 0 Å². The third-order valence-electron chi connectivity index (χ3n) is 5.32. The number of hydrogen-bond acceptors (Lipinski definition) is 6. The van der Waals surface area contributed by atoms with Gasteiger partial charge in [-0.15, -0.1) is 11.3 Å². The fraction of sp³-hybridized carbons (Fsp3) is 0.273. The first-order chi connectivity index (χ1) is 14.3. The maximum Gasteiger partial charge on any atom is 0.265 e. The van der Waals surface area contributed by atoms with Crippen LogP contribution in [-0.4, -0.2) is 37.1 Å². The Morgan fingerprint density at radius 3 is 2.90 bits per heavy atom. The molecule has 2 N–H and O–H groups in total. The van der Waals surface area contributed by atoms with Gasteiger partial charge < -0.3 is 20.3 Å². The Hall–Kier alpha value is -2.90. The summed E-state index contributed by atoms with van der Waals surface area (Å²) < 4.78 is 6.06. The third kappa shape index (κ3) is 3.71. The van der Waals surface area contributed by atoms with Crippen LogP contribution in [-0.2, 0) is 6.42 Å². The van der Waals surface area contributed by atoms with Crippen LogP contribution in [0.15, 0.2) is 54.9 Å². The monoisotopic (exact) mass is 406 g/mol. The van der Waals surface area contributed by atoms with Crippen LogP contribution in [0.5, 0.6) is 5.75 Å². The van der Waals surface area contributed by atoms with Crippen LogP contribution in [0.4, 0.5) is 11.4 Å². The van der Waals surface area contributed by atoms with Crippen molar-refractivity contribution in [3.8, 4) is 5.75 Å². The lowest BCUT2D eigenvalue weighted by atomic mass is 10.1. The Balaban J connectivity index is 1.30. The number of nitrogens with one attached hydrogen (secondary N) is 2. The zero-order valence-electron chi connectivity index (χ0n) is 15.9. The number of carbonyl (C=O) groups is 1. The first-order valence-electron chi connectivity index (χ1n) is 9.83. The fourth-order valence-corrected chi connectivity index (χ4v) is 4.77. The number of nitrogens with zero attached hydrogens (tertiary/aromatic N) is 2. The van der Waals surface area contributed by atoms with Gasteiger partial charge in [0.2, 0.25) is 0 Å². The van der Waals surface area contributed by atoms with Crippen LogP contribution >= 0.6 is 11.3 Å². The minimum atomic E-state index is -0.110. The summed E-state index contributed by atoms with van der Waals surface area (Å²) in [7, 11) is 0. The maximum absolute atomic E-state index is 12.9. The van der Waals surface area contributed by atoms with Crippen molar-refractivity contribution < 1.29 is 9.53 Å². The van der Waals surface area contributed by atoms with Crippen molar-refractivity contribution in [1.29, 1.82) is 0 Å². The molecule has 1 atom stereocenters. The number of amides is 1. The van der Waals surface area contributed by atoms with E-state index in [1.807, 2.05) is 36.4 Å². The molecular weight excluding hydrogens is 384 g/mol. The van der Waals surface area contributed by atoms with E-state index < -0.39 is 0 Å². The van der Waals surface area contributed by atoms with Gasteiger partial charge in [-0.1, -0.05) is 18.2 Å². The number of anilines is 2. The highest BCUT2D eigenvalue weighted by Crippen LogP contribution is 2.39. The molecule has 2 aromatic heterocycles. The second-order valence-corrected chi connectivity index (χ2v) is 8.32. The number of hydrogen-bond donors (Lipinski definition) is 2. The first-order valence-corrected chi connectivity index (χ1v) is 10.6. The number of benzene rings is 1. The van der Waals surface area contributed by atoms with Gasteiger partial charge in [0.25, 0.3) is 5.91 Å². The minimum absolute atomic E-state index is 0.0197. The van der Waals surface area contributed by atoms with Crippen LogP contribution in [0.3, 0.4) is 0 Å². The Labute approximate surface area is 173 Å². The number of fused-ring (bicyclic) bond motifs is 1. The quantitative estimate of drug-likeness (QED) is 0.694. The highest BCUT2D eigenvalue weighted by Gasteiger charge is 2.26. The zero-order valence-corrected chi connectivity index (χ0v) is 16.7. The van der Waals surface area contributed by atoms with Crippen molar-refractivity contribution in [1.82, 2.24) is 10.3 Å². The van der Waals surface area contributed by atoms with Crippen molar-refractivity contribution in [3.63, 3.8) is 0 Å². The predicted octanol–water partition coefficient (Wildman–Crippen LogP) is 3.48. The highest BCUT2D eigenvalue weighted by molar-refractivity contribution is 7.14. The van der Waals surface area contributed by atoms with Gasteiger partial charge in [-0.2, -0.15) is 0 Å². The van der Waals surface area contributed by atoms with Gasteiger partial charge in [-0.25, -0.2) is 0 Å². The number of pyridine rings is 1. The van der Waals surface area contributed by atoms with E-state index >= 15 is 0 Å². The summed E-state index contributed by atoms with van der Waals surface area (Å²) in [6, 6.07) is 13.9. The van der Waals surface area contributed by atoms with Gasteiger partial charge in [-0.3, -0.25) is 9.78 Å². The van der Waals surface area contributed by atoms with E-state index in [2.05, 4.69) is 26.6 Å². The van der Waals surface area contributed by atoms with Gasteiger partial charge in [0.1, 0.15) is 11.9 Å². The van der Waals surface area contributed by atoms with E-state index in [1.165, 1.54) is 16.9 Å². The van der Waals surface area contributed by atoms with E-state index in [1.54, 1.807) is 12.4 Å². The third-order valence-corrected chi connectivity index (χ3v) is 6.50. The molecule has 0 bridgehead atoms. The summed E-state index contributed by atoms with van der Waals surface area (Å²) >= 11 is 1.49. The molecule has 0 spiro atoms. The number of para-hydroxylation sites is 1. The number of aromatic nitrogens is 1. The molecular formula is C22H22N4O2S. The fourth-order valence-electron chi connectivity index (χ4n) is 3.84. The smallest absolute Gasteiger partial charge is 0.265 e. The Bertz CT molecular complexity index is 1000. The summed E-state index contributed by atoms with van der Waals surface area (Å²) in [6.45, 7) is 3.70. The van der Waals surface area contributed by atoms with Crippen molar-refractivity contribution in [2.24, 2.45) is 0 Å². The number of ether oxygens (including phenoxy) is 1. The molecule has 0 aliphatic carbocycles. The molecule has 1 fully saturated rings. The maximum atomic E-state index is 12.9. The molecule has 1 aromatic carbocycles. The molecule has 0 saturated carbocycles. The van der Waals surface area contributed by atoms with Gasteiger partial charge >= 0.3 is 0 Å². The van der Waals surface area contributed by atoms with Crippen LogP contribution in [0.1, 0.15) is 26.2 Å². The van der Waals surface area contributed by atoms with E-state index in [9.17, 15) is 4.79 Å². The molecule has 6 nitrogen and oxygen atoms in total. The second kappa shape index (κ2) is 7.85. The van der Waals surface area contributed by atoms with Crippen molar-refractivity contribution in [3.05, 3.63) is 70.2 Å². The van der Waals surface area contributed by atoms with Crippen LogP contribution in [0.25, 0.3) is 0 Å². The lowest BCUT2D eigenvalue weighted by Gasteiger charge is -2.30. The SMILES string of the molecule is O=C(Nc1cnccc1N1CCNCC1)c1ccc(C2Cc3ccccc3O2)s1.